The molecule has 1 aromatic carbocycles. The number of benzene rings is 1. The third-order valence-electron chi connectivity index (χ3n) is 7.53. The van der Waals surface area contributed by atoms with Crippen LogP contribution in [-0.2, 0) is 10.7 Å². The first-order valence-corrected chi connectivity index (χ1v) is 14.3. The molecule has 3 aromatic heterocycles. The Kier molecular flexibility index (Phi) is 9.09. The topological polar surface area (TPSA) is 87.2 Å². The first-order valence-electron chi connectivity index (χ1n) is 14.3. The summed E-state index contributed by atoms with van der Waals surface area (Å²) in [4.78, 5) is 9.23. The van der Waals surface area contributed by atoms with Crippen LogP contribution in [0.3, 0.4) is 0 Å². The molecule has 4 aromatic rings. The van der Waals surface area contributed by atoms with E-state index < -0.39 is 18.4 Å². The van der Waals surface area contributed by atoms with Gasteiger partial charge in [-0.05, 0) is 75.3 Å². The summed E-state index contributed by atoms with van der Waals surface area (Å²) in [6.07, 6.45) is 9.77. The fourth-order valence-electron chi connectivity index (χ4n) is 5.26. The normalized spacial score (nSPS) is 16.9. The number of rotatable bonds is 12. The second kappa shape index (κ2) is 12.9. The maximum absolute atomic E-state index is 14.4. The van der Waals surface area contributed by atoms with Crippen molar-refractivity contribution in [2.75, 3.05) is 19.8 Å². The molecule has 2 unspecified atom stereocenters. The Morgan fingerprint density at radius 1 is 1.20 bits per heavy atom. The minimum atomic E-state index is -3.15. The van der Waals surface area contributed by atoms with Gasteiger partial charge in [-0.3, -0.25) is 4.57 Å². The minimum Gasteiger partial charge on any atom is -0.494 e. The van der Waals surface area contributed by atoms with Crippen LogP contribution in [0.5, 0.6) is 5.75 Å². The van der Waals surface area contributed by atoms with Gasteiger partial charge >= 0.3 is 0 Å². The lowest BCUT2D eigenvalue weighted by Crippen LogP contribution is -2.14. The highest BCUT2D eigenvalue weighted by Crippen LogP contribution is 2.32. The number of aromatic nitrogens is 5. The van der Waals surface area contributed by atoms with Crippen molar-refractivity contribution in [3.63, 3.8) is 0 Å². The molecule has 0 aliphatic carbocycles. The number of allylic oxidation sites excluding steroid dienone is 1. The van der Waals surface area contributed by atoms with E-state index in [1.54, 1.807) is 25.4 Å². The van der Waals surface area contributed by atoms with Gasteiger partial charge < -0.3 is 14.6 Å². The number of pyridine rings is 1. The van der Waals surface area contributed by atoms with E-state index in [-0.39, 0.29) is 11.5 Å². The first kappa shape index (κ1) is 28.9. The number of halogens is 2. The van der Waals surface area contributed by atoms with Crippen molar-refractivity contribution < 1.29 is 23.4 Å². The summed E-state index contributed by atoms with van der Waals surface area (Å²) in [5.41, 5.74) is 1.63. The highest BCUT2D eigenvalue weighted by molar-refractivity contribution is 5.78. The largest absolute Gasteiger partial charge is 0.494 e. The highest BCUT2D eigenvalue weighted by atomic mass is 19.3. The summed E-state index contributed by atoms with van der Waals surface area (Å²) in [5, 5.41) is 14.4. The molecule has 0 radical (unpaired) electrons. The van der Waals surface area contributed by atoms with Crippen molar-refractivity contribution in [2.24, 2.45) is 5.92 Å². The number of imidazole rings is 1. The van der Waals surface area contributed by atoms with Crippen LogP contribution in [0.4, 0.5) is 8.78 Å². The molecule has 0 saturated carbocycles. The Morgan fingerprint density at radius 3 is 2.90 bits per heavy atom. The molecule has 10 heteroatoms. The van der Waals surface area contributed by atoms with Gasteiger partial charge in [-0.2, -0.15) is 13.9 Å². The van der Waals surface area contributed by atoms with Crippen LogP contribution >= 0.6 is 0 Å². The first-order chi connectivity index (χ1) is 19.9. The maximum atomic E-state index is 14.4. The number of fused-ring (bicyclic) bond motifs is 1. The second-order valence-electron chi connectivity index (χ2n) is 10.6. The van der Waals surface area contributed by atoms with Crippen LogP contribution in [0, 0.1) is 5.92 Å². The maximum Gasteiger partial charge on any atom is 0.294 e. The Hall–Kier alpha value is -3.63. The zero-order valence-electron chi connectivity index (χ0n) is 23.4. The monoisotopic (exact) mass is 565 g/mol. The van der Waals surface area contributed by atoms with Crippen LogP contribution < -0.4 is 4.74 Å². The number of nitrogens with zero attached hydrogens (tertiary/aromatic N) is 5. The van der Waals surface area contributed by atoms with Crippen molar-refractivity contribution in [3.05, 3.63) is 72.8 Å². The van der Waals surface area contributed by atoms with Gasteiger partial charge in [-0.25, -0.2) is 14.6 Å². The molecule has 41 heavy (non-hydrogen) atoms. The molecule has 1 fully saturated rings. The third-order valence-corrected chi connectivity index (χ3v) is 7.53. The van der Waals surface area contributed by atoms with E-state index in [1.165, 1.54) is 29.8 Å². The average Bonchev–Trinajstić information content (AvgIpc) is 3.54. The highest BCUT2D eigenvalue weighted by Gasteiger charge is 2.33. The van der Waals surface area contributed by atoms with Crippen molar-refractivity contribution in [3.8, 4) is 17.4 Å². The summed E-state index contributed by atoms with van der Waals surface area (Å²) in [7, 11) is 0. The predicted molar refractivity (Wildman–Crippen MR) is 153 cm³/mol. The molecule has 1 N–H and O–H groups in total. The lowest BCUT2D eigenvalue weighted by Gasteiger charge is -2.14. The number of hydrogen-bond donors (Lipinski definition) is 1. The molecule has 0 spiro atoms. The molecule has 0 bridgehead atoms. The van der Waals surface area contributed by atoms with Crippen LogP contribution in [0.25, 0.3) is 22.7 Å². The van der Waals surface area contributed by atoms with Gasteiger partial charge in [-0.1, -0.05) is 12.5 Å². The number of ether oxygens (including phenoxy) is 2. The Morgan fingerprint density at radius 2 is 2.07 bits per heavy atom. The van der Waals surface area contributed by atoms with Crippen molar-refractivity contribution in [1.82, 2.24) is 24.3 Å². The van der Waals surface area contributed by atoms with Crippen LogP contribution in [0.1, 0.15) is 69.2 Å². The van der Waals surface area contributed by atoms with Gasteiger partial charge in [-0.15, -0.1) is 6.58 Å². The van der Waals surface area contributed by atoms with E-state index in [9.17, 15) is 13.9 Å². The standard InChI is InChI=1S/C31H37F2N5O3/c1-3-15-31(32,33)28-13-16-38(36-28)30-25(22(2)39)10-12-29(35-30)37-21-34-26-20-24(9-11-27(26)37)41-18-5-4-7-23-8-6-17-40-19-14-23/h3,9-13,16,20-23,39H,1,4-8,14-15,17-19H2,2H3. The zero-order chi connectivity index (χ0) is 28.8. The average molecular weight is 566 g/mol. The van der Waals surface area contributed by atoms with Crippen molar-refractivity contribution in [1.29, 1.82) is 0 Å². The zero-order valence-corrected chi connectivity index (χ0v) is 23.4. The number of aliphatic hydroxyl groups excluding tert-OH is 1. The van der Waals surface area contributed by atoms with E-state index in [2.05, 4.69) is 16.7 Å². The van der Waals surface area contributed by atoms with Gasteiger partial charge in [0.25, 0.3) is 5.92 Å². The van der Waals surface area contributed by atoms with Crippen LogP contribution in [0.15, 0.2) is 61.6 Å². The third kappa shape index (κ3) is 6.82. The van der Waals surface area contributed by atoms with Crippen LogP contribution in [0.2, 0.25) is 0 Å². The number of unbranched alkanes of at least 4 members (excludes halogenated alkanes) is 1. The summed E-state index contributed by atoms with van der Waals surface area (Å²) < 4.78 is 43.5. The van der Waals surface area contributed by atoms with E-state index >= 15 is 0 Å². The van der Waals surface area contributed by atoms with Crippen molar-refractivity contribution >= 4 is 11.0 Å². The Labute approximate surface area is 238 Å². The summed E-state index contributed by atoms with van der Waals surface area (Å²) in [6.45, 7) is 7.43. The fourth-order valence-corrected chi connectivity index (χ4v) is 5.26. The molecular formula is C31H37F2N5O3. The second-order valence-corrected chi connectivity index (χ2v) is 10.6. The number of hydrogen-bond acceptors (Lipinski definition) is 6. The predicted octanol–water partition coefficient (Wildman–Crippen LogP) is 6.69. The van der Waals surface area contributed by atoms with E-state index in [4.69, 9.17) is 14.5 Å². The number of alkyl halides is 2. The molecule has 218 valence electrons. The van der Waals surface area contributed by atoms with Gasteiger partial charge in [0.1, 0.15) is 23.6 Å². The molecule has 1 aliphatic heterocycles. The molecule has 4 heterocycles. The smallest absolute Gasteiger partial charge is 0.294 e. The van der Waals surface area contributed by atoms with E-state index in [0.717, 1.165) is 67.7 Å². The molecule has 8 nitrogen and oxygen atoms in total. The minimum absolute atomic E-state index is 0.260. The molecule has 2 atom stereocenters. The lowest BCUT2D eigenvalue weighted by atomic mass is 9.95. The lowest BCUT2D eigenvalue weighted by molar-refractivity contribution is -0.00575. The van der Waals surface area contributed by atoms with E-state index in [1.807, 2.05) is 22.8 Å². The summed E-state index contributed by atoms with van der Waals surface area (Å²) in [5.74, 6) is -0.862. The Balaban J connectivity index is 1.30. The summed E-state index contributed by atoms with van der Waals surface area (Å²) in [6, 6.07) is 10.5. The van der Waals surface area contributed by atoms with Gasteiger partial charge in [0, 0.05) is 37.5 Å². The molecule has 0 amide bonds. The molecule has 1 aliphatic rings. The van der Waals surface area contributed by atoms with Gasteiger partial charge in [0.15, 0.2) is 5.82 Å². The Bertz CT molecular complexity index is 1460. The van der Waals surface area contributed by atoms with Gasteiger partial charge in [0.05, 0.1) is 23.7 Å². The summed E-state index contributed by atoms with van der Waals surface area (Å²) >= 11 is 0. The SMILES string of the molecule is C=CCC(F)(F)c1ccn(-c2nc(-n3cnc4cc(OCCCCC5CCCOCC5)ccc43)ccc2C(C)O)n1. The molecule has 1 saturated heterocycles. The van der Waals surface area contributed by atoms with Gasteiger partial charge in [0.2, 0.25) is 0 Å². The fraction of sp³-hybridized carbons (Fsp3) is 0.452. The molecule has 5 rings (SSSR count). The quantitative estimate of drug-likeness (QED) is 0.152. The van der Waals surface area contributed by atoms with Crippen LogP contribution in [-0.4, -0.2) is 49.2 Å². The number of aliphatic hydroxyl groups is 1. The van der Waals surface area contributed by atoms with E-state index in [0.29, 0.717) is 18.0 Å². The van der Waals surface area contributed by atoms with Crippen molar-refractivity contribution in [2.45, 2.75) is 63.9 Å². The molecular weight excluding hydrogens is 528 g/mol.